The molecule has 0 radical (unpaired) electrons. The van der Waals surface area contributed by atoms with Crippen molar-refractivity contribution in [3.63, 3.8) is 0 Å². The summed E-state index contributed by atoms with van der Waals surface area (Å²) in [6, 6.07) is 18.6. The molecule has 7 heteroatoms. The largest absolute Gasteiger partial charge is 0.490 e. The van der Waals surface area contributed by atoms with Gasteiger partial charge in [-0.15, -0.1) is 0 Å². The molecule has 0 spiro atoms. The third-order valence-corrected chi connectivity index (χ3v) is 4.26. The first-order valence-corrected chi connectivity index (χ1v) is 9.35. The summed E-state index contributed by atoms with van der Waals surface area (Å²) in [5.41, 5.74) is 0.526. The zero-order valence-corrected chi connectivity index (χ0v) is 16.3. The van der Waals surface area contributed by atoms with Gasteiger partial charge in [-0.1, -0.05) is 36.4 Å². The fourth-order valence-corrected chi connectivity index (χ4v) is 2.75. The summed E-state index contributed by atoms with van der Waals surface area (Å²) in [7, 11) is 0. The van der Waals surface area contributed by atoms with Crippen LogP contribution in [0.25, 0.3) is 6.08 Å². The molecule has 0 saturated heterocycles. The number of carbonyl (C=O) groups is 1. The molecule has 0 fully saturated rings. The molecule has 0 bridgehead atoms. The number of carboxylic acids is 1. The van der Waals surface area contributed by atoms with E-state index in [1.807, 2.05) is 0 Å². The van der Waals surface area contributed by atoms with Crippen LogP contribution in [0.5, 0.6) is 17.2 Å². The summed E-state index contributed by atoms with van der Waals surface area (Å²) in [6.07, 6.45) is -1.10. The van der Waals surface area contributed by atoms with Crippen LogP contribution in [0, 0.1) is 0 Å². The quantitative estimate of drug-likeness (QED) is 0.463. The summed E-state index contributed by atoms with van der Waals surface area (Å²) in [4.78, 5) is 11.0. The number of alkyl halides is 3. The minimum Gasteiger partial charge on any atom is -0.490 e. The Morgan fingerprint density at radius 2 is 1.55 bits per heavy atom. The molecular formula is C24H19F3O4. The van der Waals surface area contributed by atoms with E-state index in [1.165, 1.54) is 12.1 Å². The first kappa shape index (κ1) is 22.0. The molecule has 0 aliphatic carbocycles. The van der Waals surface area contributed by atoms with Gasteiger partial charge in [0.15, 0.2) is 0 Å². The van der Waals surface area contributed by atoms with E-state index in [4.69, 9.17) is 14.6 Å². The predicted octanol–water partition coefficient (Wildman–Crippen LogP) is 6.22. The summed E-state index contributed by atoms with van der Waals surface area (Å²) < 4.78 is 49.0. The van der Waals surface area contributed by atoms with Crippen LogP contribution in [-0.4, -0.2) is 17.7 Å². The summed E-state index contributed by atoms with van der Waals surface area (Å²) in [6.45, 7) is 0.239. The van der Waals surface area contributed by atoms with E-state index in [2.05, 4.69) is 0 Å². The lowest BCUT2D eigenvalue weighted by Crippen LogP contribution is -2.03. The molecule has 0 aliphatic rings. The Morgan fingerprint density at radius 3 is 2.19 bits per heavy atom. The lowest BCUT2D eigenvalue weighted by atomic mass is 10.1. The second kappa shape index (κ2) is 9.84. The average molecular weight is 428 g/mol. The van der Waals surface area contributed by atoms with Crippen molar-refractivity contribution in [1.29, 1.82) is 0 Å². The molecule has 3 aromatic carbocycles. The molecule has 0 unspecified atom stereocenters. The number of para-hydroxylation sites is 1. The van der Waals surface area contributed by atoms with E-state index in [0.717, 1.165) is 12.1 Å². The summed E-state index contributed by atoms with van der Waals surface area (Å²) >= 11 is 0. The van der Waals surface area contributed by atoms with Gasteiger partial charge in [-0.2, -0.15) is 13.2 Å². The lowest BCUT2D eigenvalue weighted by Gasteiger charge is -2.10. The SMILES string of the molecule is O=C(O)Cc1ccccc1Oc1ccc(OCC=Cc2ccc(C(F)(F)F)cc2)cc1. The van der Waals surface area contributed by atoms with Crippen molar-refractivity contribution < 1.29 is 32.5 Å². The van der Waals surface area contributed by atoms with Gasteiger partial charge in [0.2, 0.25) is 0 Å². The van der Waals surface area contributed by atoms with Crippen LogP contribution in [0.4, 0.5) is 13.2 Å². The molecule has 3 aromatic rings. The van der Waals surface area contributed by atoms with Crippen LogP contribution in [-0.2, 0) is 17.4 Å². The predicted molar refractivity (Wildman–Crippen MR) is 110 cm³/mol. The van der Waals surface area contributed by atoms with Crippen LogP contribution in [0.2, 0.25) is 0 Å². The van der Waals surface area contributed by atoms with E-state index >= 15 is 0 Å². The minimum atomic E-state index is -4.35. The van der Waals surface area contributed by atoms with Gasteiger partial charge < -0.3 is 14.6 Å². The van der Waals surface area contributed by atoms with Crippen molar-refractivity contribution in [2.45, 2.75) is 12.6 Å². The fraction of sp³-hybridized carbons (Fsp3) is 0.125. The Morgan fingerprint density at radius 1 is 0.903 bits per heavy atom. The second-order valence-electron chi connectivity index (χ2n) is 6.58. The van der Waals surface area contributed by atoms with E-state index < -0.39 is 17.7 Å². The number of carboxylic acid groups (broad SMARTS) is 1. The van der Waals surface area contributed by atoms with Gasteiger partial charge >= 0.3 is 12.1 Å². The standard InChI is InChI=1S/C24H19F3O4/c25-24(26,27)19-9-7-17(8-10-19)4-3-15-30-20-11-13-21(14-12-20)31-22-6-2-1-5-18(22)16-23(28)29/h1-14H,15-16H2,(H,28,29). The Hall–Kier alpha value is -3.74. The molecule has 3 rings (SSSR count). The third kappa shape index (κ3) is 6.64. The molecule has 0 aromatic heterocycles. The Bertz CT molecular complexity index is 1040. The highest BCUT2D eigenvalue weighted by Crippen LogP contribution is 2.29. The normalized spacial score (nSPS) is 11.5. The van der Waals surface area contributed by atoms with Gasteiger partial charge in [0.05, 0.1) is 12.0 Å². The first-order valence-electron chi connectivity index (χ1n) is 9.35. The van der Waals surface area contributed by atoms with E-state index in [0.29, 0.717) is 28.4 Å². The second-order valence-corrected chi connectivity index (χ2v) is 6.58. The number of halogens is 3. The number of ether oxygens (including phenoxy) is 2. The monoisotopic (exact) mass is 428 g/mol. The van der Waals surface area contributed by atoms with Crippen LogP contribution in [0.15, 0.2) is 78.9 Å². The van der Waals surface area contributed by atoms with Crippen molar-refractivity contribution in [1.82, 2.24) is 0 Å². The third-order valence-electron chi connectivity index (χ3n) is 4.26. The number of hydrogen-bond acceptors (Lipinski definition) is 3. The summed E-state index contributed by atoms with van der Waals surface area (Å²) in [5, 5.41) is 8.99. The van der Waals surface area contributed by atoms with Gasteiger partial charge in [0.25, 0.3) is 0 Å². The summed E-state index contributed by atoms with van der Waals surface area (Å²) in [5.74, 6) is 0.649. The Kier molecular flexibility index (Phi) is 6.97. The van der Waals surface area contributed by atoms with Gasteiger partial charge in [0, 0.05) is 5.56 Å². The molecule has 0 amide bonds. The highest BCUT2D eigenvalue weighted by atomic mass is 19.4. The highest BCUT2D eigenvalue weighted by molar-refractivity contribution is 5.71. The van der Waals surface area contributed by atoms with Crippen LogP contribution in [0.3, 0.4) is 0 Å². The lowest BCUT2D eigenvalue weighted by molar-refractivity contribution is -0.138. The van der Waals surface area contributed by atoms with Crippen LogP contribution >= 0.6 is 0 Å². The number of aliphatic carboxylic acids is 1. The van der Waals surface area contributed by atoms with Gasteiger partial charge in [0.1, 0.15) is 23.9 Å². The van der Waals surface area contributed by atoms with Crippen molar-refractivity contribution in [2.24, 2.45) is 0 Å². The van der Waals surface area contributed by atoms with Gasteiger partial charge in [-0.3, -0.25) is 4.79 Å². The van der Waals surface area contributed by atoms with Crippen molar-refractivity contribution in [3.05, 3.63) is 95.6 Å². The smallest absolute Gasteiger partial charge is 0.416 e. The van der Waals surface area contributed by atoms with Crippen molar-refractivity contribution >= 4 is 12.0 Å². The number of rotatable bonds is 8. The zero-order valence-electron chi connectivity index (χ0n) is 16.3. The number of hydrogen-bond donors (Lipinski definition) is 1. The maximum atomic E-state index is 12.6. The average Bonchev–Trinajstić information content (AvgIpc) is 2.73. The topological polar surface area (TPSA) is 55.8 Å². The minimum absolute atomic E-state index is 0.136. The molecular weight excluding hydrogens is 409 g/mol. The molecule has 31 heavy (non-hydrogen) atoms. The molecule has 0 heterocycles. The van der Waals surface area contributed by atoms with E-state index in [1.54, 1.807) is 60.7 Å². The Labute approximate surface area is 177 Å². The maximum absolute atomic E-state index is 12.6. The van der Waals surface area contributed by atoms with Crippen LogP contribution < -0.4 is 9.47 Å². The maximum Gasteiger partial charge on any atom is 0.416 e. The Balaban J connectivity index is 1.53. The van der Waals surface area contributed by atoms with Gasteiger partial charge in [-0.25, -0.2) is 0 Å². The van der Waals surface area contributed by atoms with E-state index in [-0.39, 0.29) is 13.0 Å². The number of benzene rings is 3. The molecule has 0 atom stereocenters. The van der Waals surface area contributed by atoms with E-state index in [9.17, 15) is 18.0 Å². The molecule has 0 saturated carbocycles. The molecule has 4 nitrogen and oxygen atoms in total. The molecule has 0 aliphatic heterocycles. The molecule has 1 N–H and O–H groups in total. The van der Waals surface area contributed by atoms with Crippen LogP contribution in [0.1, 0.15) is 16.7 Å². The van der Waals surface area contributed by atoms with Crippen molar-refractivity contribution in [2.75, 3.05) is 6.61 Å². The zero-order chi connectivity index (χ0) is 22.3. The highest BCUT2D eigenvalue weighted by Gasteiger charge is 2.29. The van der Waals surface area contributed by atoms with Crippen molar-refractivity contribution in [3.8, 4) is 17.2 Å². The first-order chi connectivity index (χ1) is 14.8. The molecule has 160 valence electrons. The fourth-order valence-electron chi connectivity index (χ4n) is 2.75. The van der Waals surface area contributed by atoms with Gasteiger partial charge in [-0.05, 0) is 54.1 Å².